The molecule has 0 atom stereocenters. The van der Waals surface area contributed by atoms with Gasteiger partial charge in [0.15, 0.2) is 0 Å². The van der Waals surface area contributed by atoms with Crippen LogP contribution in [0.15, 0.2) is 77.7 Å². The monoisotopic (exact) mass is 489 g/mol. The lowest BCUT2D eigenvalue weighted by Gasteiger charge is -2.35. The maximum absolute atomic E-state index is 13.2. The van der Waals surface area contributed by atoms with Gasteiger partial charge in [0.25, 0.3) is 5.91 Å². The molecular weight excluding hydrogens is 469 g/mol. The summed E-state index contributed by atoms with van der Waals surface area (Å²) >= 11 is 12.3. The highest BCUT2D eigenvalue weighted by Gasteiger charge is 2.29. The van der Waals surface area contributed by atoms with Gasteiger partial charge in [0, 0.05) is 31.9 Å². The van der Waals surface area contributed by atoms with Crippen LogP contribution >= 0.6 is 23.2 Å². The molecule has 0 bridgehead atoms. The molecule has 1 aliphatic rings. The van der Waals surface area contributed by atoms with E-state index in [4.69, 9.17) is 23.2 Å². The molecule has 1 saturated heterocycles. The molecule has 32 heavy (non-hydrogen) atoms. The van der Waals surface area contributed by atoms with E-state index in [9.17, 15) is 13.2 Å². The average molecular weight is 490 g/mol. The number of carbonyl (C=O) groups is 1. The molecule has 6 nitrogen and oxygen atoms in total. The second-order valence-electron chi connectivity index (χ2n) is 7.30. The lowest BCUT2D eigenvalue weighted by atomic mass is 10.2. The SMILES string of the molecule is O=C(Nc1ccccc1Cl)c1cc(S(=O)(=O)N2CCN(c3ccccc3)CC2)ccc1Cl. The highest BCUT2D eigenvalue weighted by Crippen LogP contribution is 2.27. The van der Waals surface area contributed by atoms with Gasteiger partial charge < -0.3 is 10.2 Å². The Balaban J connectivity index is 1.52. The van der Waals surface area contributed by atoms with Crippen LogP contribution in [0.5, 0.6) is 0 Å². The molecule has 1 heterocycles. The summed E-state index contributed by atoms with van der Waals surface area (Å²) < 4.78 is 27.9. The number of nitrogens with one attached hydrogen (secondary N) is 1. The minimum atomic E-state index is -3.78. The minimum absolute atomic E-state index is 0.0272. The van der Waals surface area contributed by atoms with Gasteiger partial charge in [-0.05, 0) is 42.5 Å². The molecule has 1 aliphatic heterocycles. The summed E-state index contributed by atoms with van der Waals surface area (Å²) in [4.78, 5) is 14.9. The van der Waals surface area contributed by atoms with Crippen molar-refractivity contribution in [3.05, 3.63) is 88.4 Å². The van der Waals surface area contributed by atoms with Crippen molar-refractivity contribution in [1.29, 1.82) is 0 Å². The normalized spacial score (nSPS) is 14.9. The summed E-state index contributed by atoms with van der Waals surface area (Å²) in [6.07, 6.45) is 0. The van der Waals surface area contributed by atoms with E-state index < -0.39 is 15.9 Å². The average Bonchev–Trinajstić information content (AvgIpc) is 2.81. The Bertz CT molecular complexity index is 1230. The van der Waals surface area contributed by atoms with Crippen LogP contribution in [0, 0.1) is 0 Å². The molecule has 0 aromatic heterocycles. The number of carbonyl (C=O) groups excluding carboxylic acids is 1. The van der Waals surface area contributed by atoms with Crippen LogP contribution in [-0.4, -0.2) is 44.8 Å². The third-order valence-corrected chi connectivity index (χ3v) is 7.86. The first-order chi connectivity index (χ1) is 15.4. The predicted molar refractivity (Wildman–Crippen MR) is 128 cm³/mol. The third-order valence-electron chi connectivity index (χ3n) is 5.30. The fraction of sp³-hybridized carbons (Fsp3) is 0.174. The van der Waals surface area contributed by atoms with E-state index in [1.54, 1.807) is 24.3 Å². The lowest BCUT2D eigenvalue weighted by Crippen LogP contribution is -2.48. The molecule has 0 radical (unpaired) electrons. The fourth-order valence-electron chi connectivity index (χ4n) is 3.57. The van der Waals surface area contributed by atoms with Gasteiger partial charge in [0.1, 0.15) is 0 Å². The summed E-state index contributed by atoms with van der Waals surface area (Å²) in [5.74, 6) is -0.533. The summed E-state index contributed by atoms with van der Waals surface area (Å²) in [7, 11) is -3.78. The minimum Gasteiger partial charge on any atom is -0.369 e. The van der Waals surface area contributed by atoms with E-state index in [0.717, 1.165) is 5.69 Å². The van der Waals surface area contributed by atoms with Gasteiger partial charge in [-0.2, -0.15) is 4.31 Å². The van der Waals surface area contributed by atoms with Gasteiger partial charge in [-0.15, -0.1) is 0 Å². The van der Waals surface area contributed by atoms with Gasteiger partial charge in [-0.3, -0.25) is 4.79 Å². The van der Waals surface area contributed by atoms with E-state index in [1.165, 1.54) is 22.5 Å². The Labute approximate surface area is 197 Å². The van der Waals surface area contributed by atoms with Crippen molar-refractivity contribution < 1.29 is 13.2 Å². The zero-order valence-corrected chi connectivity index (χ0v) is 19.4. The van der Waals surface area contributed by atoms with E-state index in [2.05, 4.69) is 10.2 Å². The highest BCUT2D eigenvalue weighted by molar-refractivity contribution is 7.89. The number of hydrogen-bond donors (Lipinski definition) is 1. The van der Waals surface area contributed by atoms with Crippen molar-refractivity contribution in [2.75, 3.05) is 36.4 Å². The van der Waals surface area contributed by atoms with Crippen LogP contribution < -0.4 is 10.2 Å². The van der Waals surface area contributed by atoms with Crippen molar-refractivity contribution in [2.24, 2.45) is 0 Å². The fourth-order valence-corrected chi connectivity index (χ4v) is 5.40. The number of anilines is 2. The number of piperazine rings is 1. The molecule has 166 valence electrons. The van der Waals surface area contributed by atoms with Crippen LogP contribution in [0.1, 0.15) is 10.4 Å². The number of nitrogens with zero attached hydrogens (tertiary/aromatic N) is 2. The van der Waals surface area contributed by atoms with E-state index in [0.29, 0.717) is 36.9 Å². The first kappa shape index (κ1) is 22.6. The van der Waals surface area contributed by atoms with Crippen molar-refractivity contribution in [3.63, 3.8) is 0 Å². The van der Waals surface area contributed by atoms with Gasteiger partial charge in [0.05, 0.1) is 26.2 Å². The number of rotatable bonds is 5. The molecule has 1 fully saturated rings. The Kier molecular flexibility index (Phi) is 6.71. The standard InChI is InChI=1S/C23H21Cl2N3O3S/c24-20-11-10-18(16-19(20)23(29)26-22-9-5-4-8-21(22)25)32(30,31)28-14-12-27(13-15-28)17-6-2-1-3-7-17/h1-11,16H,12-15H2,(H,26,29). The summed E-state index contributed by atoms with van der Waals surface area (Å²) in [6, 6.07) is 20.8. The molecule has 4 rings (SSSR count). The van der Waals surface area contributed by atoms with Crippen LogP contribution in [0.2, 0.25) is 10.0 Å². The van der Waals surface area contributed by atoms with E-state index in [-0.39, 0.29) is 15.5 Å². The Morgan fingerprint density at radius 2 is 1.47 bits per heavy atom. The molecule has 0 aliphatic carbocycles. The Morgan fingerprint density at radius 1 is 0.812 bits per heavy atom. The second-order valence-corrected chi connectivity index (χ2v) is 10.1. The van der Waals surface area contributed by atoms with Crippen molar-refractivity contribution in [2.45, 2.75) is 4.90 Å². The third kappa shape index (κ3) is 4.76. The second kappa shape index (κ2) is 9.50. The molecule has 9 heteroatoms. The van der Waals surface area contributed by atoms with Gasteiger partial charge >= 0.3 is 0 Å². The maximum Gasteiger partial charge on any atom is 0.257 e. The van der Waals surface area contributed by atoms with E-state index in [1.807, 2.05) is 30.3 Å². The summed E-state index contributed by atoms with van der Waals surface area (Å²) in [6.45, 7) is 1.86. The quantitative estimate of drug-likeness (QED) is 0.560. The first-order valence-electron chi connectivity index (χ1n) is 10.0. The molecule has 0 unspecified atom stereocenters. The van der Waals surface area contributed by atoms with Crippen LogP contribution in [-0.2, 0) is 10.0 Å². The van der Waals surface area contributed by atoms with Crippen molar-refractivity contribution in [3.8, 4) is 0 Å². The Hall–Kier alpha value is -2.58. The molecule has 3 aromatic rings. The van der Waals surface area contributed by atoms with Crippen LogP contribution in [0.25, 0.3) is 0 Å². The topological polar surface area (TPSA) is 69.7 Å². The van der Waals surface area contributed by atoms with Crippen LogP contribution in [0.4, 0.5) is 11.4 Å². The molecule has 0 spiro atoms. The van der Waals surface area contributed by atoms with Crippen molar-refractivity contribution in [1.82, 2.24) is 4.31 Å². The van der Waals surface area contributed by atoms with Crippen molar-refractivity contribution >= 4 is 50.5 Å². The molecule has 1 N–H and O–H groups in total. The Morgan fingerprint density at radius 3 is 2.16 bits per heavy atom. The van der Waals surface area contributed by atoms with Gasteiger partial charge in [-0.1, -0.05) is 53.5 Å². The van der Waals surface area contributed by atoms with Crippen LogP contribution in [0.3, 0.4) is 0 Å². The number of hydrogen-bond acceptors (Lipinski definition) is 4. The highest BCUT2D eigenvalue weighted by atomic mass is 35.5. The maximum atomic E-state index is 13.2. The lowest BCUT2D eigenvalue weighted by molar-refractivity contribution is 0.102. The molecule has 1 amide bonds. The number of amides is 1. The first-order valence-corrected chi connectivity index (χ1v) is 12.2. The summed E-state index contributed by atoms with van der Waals surface area (Å²) in [5.41, 5.74) is 1.55. The molecule has 0 saturated carbocycles. The van der Waals surface area contributed by atoms with E-state index >= 15 is 0 Å². The number of sulfonamides is 1. The molecular formula is C23H21Cl2N3O3S. The smallest absolute Gasteiger partial charge is 0.257 e. The number of halogens is 2. The zero-order chi connectivity index (χ0) is 22.7. The predicted octanol–water partition coefficient (Wildman–Crippen LogP) is 4.76. The molecule has 3 aromatic carbocycles. The number of benzene rings is 3. The van der Waals surface area contributed by atoms with Gasteiger partial charge in [0.2, 0.25) is 10.0 Å². The zero-order valence-electron chi connectivity index (χ0n) is 17.0. The summed E-state index contributed by atoms with van der Waals surface area (Å²) in [5, 5.41) is 3.21. The largest absolute Gasteiger partial charge is 0.369 e. The van der Waals surface area contributed by atoms with Gasteiger partial charge in [-0.25, -0.2) is 8.42 Å². The number of para-hydroxylation sites is 2.